The first-order chi connectivity index (χ1) is 19.3. The van der Waals surface area contributed by atoms with Crippen LogP contribution < -0.4 is 10.4 Å². The van der Waals surface area contributed by atoms with Crippen LogP contribution in [-0.4, -0.2) is 41.8 Å². The molecule has 0 fully saturated rings. The molecule has 1 amide bonds. The van der Waals surface area contributed by atoms with Crippen LogP contribution in [0.25, 0.3) is 6.08 Å². The van der Waals surface area contributed by atoms with Crippen molar-refractivity contribution in [1.29, 1.82) is 0 Å². The SMILES string of the molecule is Cc1ccc(C(=O)/C=C/c2ccc(C(=O)N(CCCCN[c-]3cccc3)OC(=O)C(=O)[O-])cc2)o1.[Fe+3].c1cc[cH-]c1. The summed E-state index contributed by atoms with van der Waals surface area (Å²) >= 11 is 0. The number of rotatable bonds is 10. The van der Waals surface area contributed by atoms with Gasteiger partial charge in [-0.05, 0) is 55.7 Å². The molecule has 1 aromatic heterocycles. The molecular weight excluding hydrogens is 568 g/mol. The molecule has 0 aliphatic carbocycles. The van der Waals surface area contributed by atoms with Gasteiger partial charge >= 0.3 is 23.0 Å². The number of aliphatic carboxylic acids is 1. The zero-order valence-electron chi connectivity index (χ0n) is 22.3. The number of nitrogens with one attached hydrogen (secondary N) is 1. The van der Waals surface area contributed by atoms with Crippen LogP contribution >= 0.6 is 0 Å². The number of carboxylic acids is 1. The summed E-state index contributed by atoms with van der Waals surface area (Å²) in [4.78, 5) is 52.0. The molecule has 41 heavy (non-hydrogen) atoms. The predicted molar refractivity (Wildman–Crippen MR) is 147 cm³/mol. The van der Waals surface area contributed by atoms with Crippen molar-refractivity contribution in [1.82, 2.24) is 5.06 Å². The van der Waals surface area contributed by atoms with Gasteiger partial charge in [0.05, 0.1) is 6.54 Å². The Kier molecular flexibility index (Phi) is 13.6. The van der Waals surface area contributed by atoms with Crippen LogP contribution in [0.4, 0.5) is 5.69 Å². The standard InChI is InChI=1S/C26H25N2O7.C5H5.Fe/c1-18-8-15-23(34-18)22(29)14-11-19-9-12-20(13-10-19)24(30)28(35-26(33)25(31)32)17-5-4-16-27-21-6-2-3-7-21;1-2-4-5-3-1;/h2-3,6-15,27H,4-5,16-17H2,1H3,(H,31,32);1-5H;/q2*-1;+3/p-1/b14-11+;;. The molecular formula is C31H29FeN2O7. The minimum atomic E-state index is -2.04. The summed E-state index contributed by atoms with van der Waals surface area (Å²) in [5, 5.41) is 14.7. The van der Waals surface area contributed by atoms with E-state index in [1.54, 1.807) is 37.3 Å². The van der Waals surface area contributed by atoms with Crippen LogP contribution in [0.5, 0.6) is 0 Å². The van der Waals surface area contributed by atoms with E-state index < -0.39 is 17.8 Å². The van der Waals surface area contributed by atoms with Crippen molar-refractivity contribution in [3.8, 4) is 0 Å². The number of hydrogen-bond donors (Lipinski definition) is 1. The molecule has 213 valence electrons. The third-order valence-corrected chi connectivity index (χ3v) is 5.49. The molecule has 1 heterocycles. The fraction of sp³-hybridized carbons (Fsp3) is 0.161. The first-order valence-electron chi connectivity index (χ1n) is 12.6. The predicted octanol–water partition coefficient (Wildman–Crippen LogP) is 4.15. The normalized spacial score (nSPS) is 10.2. The summed E-state index contributed by atoms with van der Waals surface area (Å²) in [6.07, 6.45) is 4.02. The second kappa shape index (κ2) is 17.1. The molecule has 4 aromatic rings. The van der Waals surface area contributed by atoms with E-state index in [4.69, 9.17) is 9.25 Å². The topological polar surface area (TPSA) is 129 Å². The fourth-order valence-corrected chi connectivity index (χ4v) is 3.45. The number of carbonyl (C=O) groups excluding carboxylic acids is 4. The molecule has 1 radical (unpaired) electrons. The van der Waals surface area contributed by atoms with E-state index in [9.17, 15) is 24.3 Å². The van der Waals surface area contributed by atoms with Crippen LogP contribution in [0.15, 0.2) is 101 Å². The molecule has 4 rings (SSSR count). The smallest absolute Gasteiger partial charge is 0.539 e. The average Bonchev–Trinajstić information content (AvgIpc) is 3.76. The molecule has 0 atom stereocenters. The summed E-state index contributed by atoms with van der Waals surface area (Å²) in [5.41, 5.74) is 1.79. The van der Waals surface area contributed by atoms with E-state index in [-0.39, 0.29) is 40.7 Å². The quantitative estimate of drug-likeness (QED) is 0.0550. The Bertz CT molecular complexity index is 1370. The molecule has 3 aromatic carbocycles. The number of aryl methyl sites for hydroxylation is 1. The number of hydroxylamine groups is 2. The number of unbranched alkanes of at least 4 members (excludes halogenated alkanes) is 1. The Morgan fingerprint density at radius 3 is 2.24 bits per heavy atom. The maximum atomic E-state index is 12.9. The summed E-state index contributed by atoms with van der Waals surface area (Å²) in [7, 11) is 0. The number of anilines is 1. The molecule has 0 aliphatic rings. The molecule has 0 bridgehead atoms. The third-order valence-electron chi connectivity index (χ3n) is 5.49. The van der Waals surface area contributed by atoms with Gasteiger partial charge in [0.15, 0.2) is 11.7 Å². The van der Waals surface area contributed by atoms with Crippen LogP contribution in [0.3, 0.4) is 0 Å². The Balaban J connectivity index is 0.000000883. The fourth-order valence-electron chi connectivity index (χ4n) is 3.45. The number of benzene rings is 1. The Hall–Kier alpha value is -4.66. The second-order valence-corrected chi connectivity index (χ2v) is 8.57. The van der Waals surface area contributed by atoms with Crippen molar-refractivity contribution < 1.29 is 50.6 Å². The average molecular weight is 597 g/mol. The molecule has 0 spiro atoms. The maximum Gasteiger partial charge on any atom is 3.00 e. The van der Waals surface area contributed by atoms with Crippen molar-refractivity contribution in [3.05, 3.63) is 120 Å². The summed E-state index contributed by atoms with van der Waals surface area (Å²) < 4.78 is 5.28. The van der Waals surface area contributed by atoms with Gasteiger partial charge in [0.1, 0.15) is 5.76 Å². The van der Waals surface area contributed by atoms with Crippen LogP contribution in [0.1, 0.15) is 45.1 Å². The minimum absolute atomic E-state index is 0. The largest absolute Gasteiger partial charge is 3.00 e. The van der Waals surface area contributed by atoms with Gasteiger partial charge in [-0.1, -0.05) is 23.9 Å². The van der Waals surface area contributed by atoms with Crippen molar-refractivity contribution in [3.63, 3.8) is 0 Å². The number of ketones is 1. The molecule has 0 saturated carbocycles. The first-order valence-corrected chi connectivity index (χ1v) is 12.6. The number of furan rings is 1. The summed E-state index contributed by atoms with van der Waals surface area (Å²) in [6.45, 7) is 2.36. The molecule has 9 nitrogen and oxygen atoms in total. The van der Waals surface area contributed by atoms with Crippen LogP contribution in [0, 0.1) is 6.92 Å². The van der Waals surface area contributed by atoms with Gasteiger partial charge in [0, 0.05) is 12.1 Å². The van der Waals surface area contributed by atoms with E-state index in [1.165, 1.54) is 18.2 Å². The van der Waals surface area contributed by atoms with E-state index in [1.807, 2.05) is 54.6 Å². The van der Waals surface area contributed by atoms with E-state index >= 15 is 0 Å². The van der Waals surface area contributed by atoms with Gasteiger partial charge in [0.25, 0.3) is 5.91 Å². The molecule has 0 saturated heterocycles. The monoisotopic (exact) mass is 597 g/mol. The molecule has 10 heteroatoms. The minimum Gasteiger partial charge on any atom is -0.539 e. The van der Waals surface area contributed by atoms with E-state index in [2.05, 4.69) is 5.32 Å². The van der Waals surface area contributed by atoms with Crippen molar-refractivity contribution >= 4 is 35.4 Å². The summed E-state index contributed by atoms with van der Waals surface area (Å²) in [6, 6.07) is 27.1. The van der Waals surface area contributed by atoms with Crippen molar-refractivity contribution in [2.45, 2.75) is 19.8 Å². The van der Waals surface area contributed by atoms with Crippen LogP contribution in [-0.2, 0) is 31.5 Å². The number of allylic oxidation sites excluding steroid dienone is 1. The zero-order chi connectivity index (χ0) is 28.7. The Labute approximate surface area is 248 Å². The van der Waals surface area contributed by atoms with Gasteiger partial charge in [-0.3, -0.25) is 9.59 Å². The van der Waals surface area contributed by atoms with Gasteiger partial charge in [-0.2, -0.15) is 35.4 Å². The number of carbonyl (C=O) groups is 4. The van der Waals surface area contributed by atoms with Crippen molar-refractivity contribution in [2.75, 3.05) is 18.4 Å². The third kappa shape index (κ3) is 11.2. The maximum absolute atomic E-state index is 12.9. The van der Waals surface area contributed by atoms with Gasteiger partial charge in [-0.25, -0.2) is 29.1 Å². The molecule has 1 N–H and O–H groups in total. The Morgan fingerprint density at radius 1 is 1.00 bits per heavy atom. The van der Waals surface area contributed by atoms with E-state index in [0.29, 0.717) is 35.8 Å². The van der Waals surface area contributed by atoms with Gasteiger partial charge < -0.3 is 24.5 Å². The molecule has 0 unspecified atom stereocenters. The van der Waals surface area contributed by atoms with Gasteiger partial charge in [-0.15, -0.1) is 0 Å². The Morgan fingerprint density at radius 2 is 1.68 bits per heavy atom. The summed E-state index contributed by atoms with van der Waals surface area (Å²) in [5.74, 6) is -3.82. The van der Waals surface area contributed by atoms with Crippen molar-refractivity contribution in [2.24, 2.45) is 0 Å². The van der Waals surface area contributed by atoms with E-state index in [0.717, 1.165) is 5.69 Å². The van der Waals surface area contributed by atoms with Gasteiger partial charge in [0.2, 0.25) is 5.78 Å². The second-order valence-electron chi connectivity index (χ2n) is 8.57. The number of nitrogens with zero attached hydrogens (tertiary/aromatic N) is 1. The number of hydrogen-bond acceptors (Lipinski definition) is 8. The number of amides is 1. The first kappa shape index (κ1) is 32.6. The van der Waals surface area contributed by atoms with Crippen LogP contribution in [0.2, 0.25) is 0 Å². The number of carboxylic acid groups (broad SMARTS) is 1. The zero-order valence-corrected chi connectivity index (χ0v) is 23.4. The molecule has 0 aliphatic heterocycles.